The molecule has 0 unspecified atom stereocenters. The van der Waals surface area contributed by atoms with Crippen LogP contribution in [0.3, 0.4) is 0 Å². The molecule has 1 aromatic rings. The maximum Gasteiger partial charge on any atom is 0.146 e. The van der Waals surface area contributed by atoms with Crippen molar-refractivity contribution < 1.29 is 0 Å². The molecule has 33 heavy (non-hydrogen) atoms. The van der Waals surface area contributed by atoms with E-state index in [-0.39, 0.29) is 0 Å². The molecule has 0 saturated heterocycles. The second kappa shape index (κ2) is 12.6. The third kappa shape index (κ3) is 7.74. The summed E-state index contributed by atoms with van der Waals surface area (Å²) in [4.78, 5) is 2.08. The second-order valence-corrected chi connectivity index (χ2v) is 15.9. The summed E-state index contributed by atoms with van der Waals surface area (Å²) in [7, 11) is 2.29. The lowest BCUT2D eigenvalue weighted by Gasteiger charge is -2.38. The third-order valence-electron chi connectivity index (χ3n) is 6.30. The van der Waals surface area contributed by atoms with Crippen molar-refractivity contribution in [2.75, 3.05) is 19.0 Å². The van der Waals surface area contributed by atoms with Gasteiger partial charge in [0.2, 0.25) is 0 Å². The average Bonchev–Trinajstić information content (AvgIpc) is 2.71. The molecule has 0 spiro atoms. The van der Waals surface area contributed by atoms with Gasteiger partial charge in [0.05, 0.1) is 11.1 Å². The number of rotatable bonds is 4. The summed E-state index contributed by atoms with van der Waals surface area (Å²) in [5.74, 6) is 16.8. The van der Waals surface area contributed by atoms with Crippen molar-refractivity contribution in [1.29, 1.82) is 0 Å². The van der Waals surface area contributed by atoms with E-state index in [1.165, 1.54) is 5.69 Å². The van der Waals surface area contributed by atoms with E-state index in [9.17, 15) is 0 Å². The van der Waals surface area contributed by atoms with Crippen LogP contribution in [0.1, 0.15) is 74.8 Å². The highest BCUT2D eigenvalue weighted by Gasteiger charge is 2.41. The molecule has 0 saturated carbocycles. The van der Waals surface area contributed by atoms with E-state index in [0.717, 1.165) is 27.9 Å². The zero-order valence-electron chi connectivity index (χ0n) is 23.0. The molecule has 0 bridgehead atoms. The highest BCUT2D eigenvalue weighted by molar-refractivity contribution is 6.90. The van der Waals surface area contributed by atoms with Crippen LogP contribution in [-0.4, -0.2) is 22.2 Å². The van der Waals surface area contributed by atoms with Crippen LogP contribution in [0.25, 0.3) is 0 Å². The first-order chi connectivity index (χ1) is 15.3. The maximum atomic E-state index is 3.81. The number of hydrogen-bond donors (Lipinski definition) is 0. The predicted molar refractivity (Wildman–Crippen MR) is 151 cm³/mol. The molecule has 1 rings (SSSR count). The molecule has 2 heteroatoms. The summed E-state index contributed by atoms with van der Waals surface area (Å²) < 4.78 is 0. The van der Waals surface area contributed by atoms with Gasteiger partial charge in [-0.1, -0.05) is 82.3 Å². The van der Waals surface area contributed by atoms with Gasteiger partial charge in [0, 0.05) is 25.3 Å². The molecule has 0 aromatic heterocycles. The number of benzene rings is 1. The first kappa shape index (κ1) is 28.4. The van der Waals surface area contributed by atoms with E-state index in [2.05, 4.69) is 134 Å². The van der Waals surface area contributed by atoms with Gasteiger partial charge >= 0.3 is 0 Å². The van der Waals surface area contributed by atoms with E-state index in [1.54, 1.807) is 0 Å². The van der Waals surface area contributed by atoms with E-state index in [4.69, 9.17) is 0 Å². The topological polar surface area (TPSA) is 3.24 Å². The minimum absolute atomic E-state index is 0.606. The molecule has 0 aliphatic rings. The van der Waals surface area contributed by atoms with Gasteiger partial charge in [0.15, 0.2) is 0 Å². The Hall–Kier alpha value is -2.60. The summed E-state index contributed by atoms with van der Waals surface area (Å²) in [6.45, 7) is 22.4. The highest BCUT2D eigenvalue weighted by atomic mass is 28.3. The summed E-state index contributed by atoms with van der Waals surface area (Å²) >= 11 is 0. The molecule has 0 atom stereocenters. The summed E-state index contributed by atoms with van der Waals surface area (Å²) in [5, 5.41) is 0. The number of hydrogen-bond acceptors (Lipinski definition) is 1. The Kier molecular flexibility index (Phi) is 10.8. The standard InChI is InChI=1S/C31H43NSi/c1-23(2)29(16-13-28-14-19-31(20-15-28)32(11)12)17-18-30(24(3)4)21-22-33(25(5)6,26(7)8)27(9)10/h14-15,19-20,25-27H,1-12H3. The van der Waals surface area contributed by atoms with E-state index in [0.29, 0.717) is 16.6 Å². The fourth-order valence-corrected chi connectivity index (χ4v) is 9.48. The van der Waals surface area contributed by atoms with Gasteiger partial charge in [0.1, 0.15) is 8.07 Å². The fraction of sp³-hybridized carbons (Fsp3) is 0.484. The Labute approximate surface area is 205 Å². The van der Waals surface area contributed by atoms with Crippen molar-refractivity contribution in [3.8, 4) is 35.1 Å². The molecular weight excluding hydrogens is 414 g/mol. The normalized spacial score (nSPS) is 10.5. The zero-order valence-corrected chi connectivity index (χ0v) is 24.0. The van der Waals surface area contributed by atoms with E-state index < -0.39 is 8.07 Å². The lowest BCUT2D eigenvalue weighted by molar-refractivity contribution is 0.838. The van der Waals surface area contributed by atoms with Gasteiger partial charge in [-0.05, 0) is 68.6 Å². The van der Waals surface area contributed by atoms with Crippen LogP contribution in [-0.2, 0) is 0 Å². The Balaban J connectivity index is 3.37. The van der Waals surface area contributed by atoms with Gasteiger partial charge in [-0.15, -0.1) is 5.54 Å². The maximum absolute atomic E-state index is 3.81. The van der Waals surface area contributed by atoms with Gasteiger partial charge in [-0.3, -0.25) is 0 Å². The molecular formula is C31H43NSi. The van der Waals surface area contributed by atoms with Crippen molar-refractivity contribution in [3.05, 3.63) is 52.1 Å². The fourth-order valence-electron chi connectivity index (χ4n) is 4.27. The van der Waals surface area contributed by atoms with Crippen molar-refractivity contribution in [1.82, 2.24) is 0 Å². The summed E-state index contributed by atoms with van der Waals surface area (Å²) in [6.07, 6.45) is 0. The van der Waals surface area contributed by atoms with Crippen LogP contribution in [0.5, 0.6) is 0 Å². The van der Waals surface area contributed by atoms with Crippen LogP contribution < -0.4 is 4.90 Å². The minimum atomic E-state index is -1.79. The molecule has 1 aromatic carbocycles. The predicted octanol–water partition coefficient (Wildman–Crippen LogP) is 8.00. The van der Waals surface area contributed by atoms with Crippen LogP contribution in [0, 0.1) is 35.1 Å². The highest BCUT2D eigenvalue weighted by Crippen LogP contribution is 2.40. The molecule has 1 nitrogen and oxygen atoms in total. The van der Waals surface area contributed by atoms with Crippen LogP contribution in [0.15, 0.2) is 46.6 Å². The van der Waals surface area contributed by atoms with Crippen molar-refractivity contribution in [2.45, 2.75) is 85.9 Å². The van der Waals surface area contributed by atoms with Gasteiger partial charge in [-0.25, -0.2) is 0 Å². The van der Waals surface area contributed by atoms with Gasteiger partial charge < -0.3 is 4.90 Å². The smallest absolute Gasteiger partial charge is 0.146 e. The largest absolute Gasteiger partial charge is 0.378 e. The first-order valence-corrected chi connectivity index (χ1v) is 14.3. The van der Waals surface area contributed by atoms with Crippen LogP contribution >= 0.6 is 0 Å². The lowest BCUT2D eigenvalue weighted by atomic mass is 10.1. The Bertz CT molecular complexity index is 1030. The monoisotopic (exact) mass is 457 g/mol. The van der Waals surface area contributed by atoms with Gasteiger partial charge in [0.25, 0.3) is 0 Å². The molecule has 176 valence electrons. The molecule has 0 heterocycles. The number of nitrogens with zero attached hydrogens (tertiary/aromatic N) is 1. The van der Waals surface area contributed by atoms with Crippen LogP contribution in [0.4, 0.5) is 5.69 Å². The molecule has 0 radical (unpaired) electrons. The SMILES string of the molecule is CC(C)=C(C#CC(C#C[Si](C(C)C)(C(C)C)C(C)C)=C(C)C)C#Cc1ccc(N(C)C)cc1. The molecule has 0 fully saturated rings. The Morgan fingerprint density at radius 3 is 1.45 bits per heavy atom. The Morgan fingerprint density at radius 2 is 1.09 bits per heavy atom. The molecule has 0 aliphatic heterocycles. The van der Waals surface area contributed by atoms with E-state index >= 15 is 0 Å². The minimum Gasteiger partial charge on any atom is -0.378 e. The number of allylic oxidation sites excluding steroid dienone is 4. The van der Waals surface area contributed by atoms with Crippen LogP contribution in [0.2, 0.25) is 16.6 Å². The van der Waals surface area contributed by atoms with Crippen molar-refractivity contribution >= 4 is 13.8 Å². The van der Waals surface area contributed by atoms with Crippen molar-refractivity contribution in [2.24, 2.45) is 0 Å². The lowest BCUT2D eigenvalue weighted by Crippen LogP contribution is -2.43. The quantitative estimate of drug-likeness (QED) is 0.327. The number of anilines is 1. The van der Waals surface area contributed by atoms with E-state index in [1.807, 2.05) is 14.1 Å². The first-order valence-electron chi connectivity index (χ1n) is 12.0. The summed E-state index contributed by atoms with van der Waals surface area (Å²) in [6, 6.07) is 8.28. The van der Waals surface area contributed by atoms with Gasteiger partial charge in [-0.2, -0.15) is 0 Å². The third-order valence-corrected chi connectivity index (χ3v) is 12.6. The molecule has 0 amide bonds. The average molecular weight is 458 g/mol. The second-order valence-electron chi connectivity index (χ2n) is 10.3. The van der Waals surface area contributed by atoms with Crippen molar-refractivity contribution in [3.63, 3.8) is 0 Å². The summed E-state index contributed by atoms with van der Waals surface area (Å²) in [5.41, 5.74) is 11.9. The zero-order chi connectivity index (χ0) is 25.3. The molecule has 0 N–H and O–H groups in total. The Morgan fingerprint density at radius 1 is 0.667 bits per heavy atom. The molecule has 0 aliphatic carbocycles.